The molecule has 5 heterocycles. The van der Waals surface area contributed by atoms with Gasteiger partial charge in [-0.2, -0.15) is 0 Å². The van der Waals surface area contributed by atoms with Gasteiger partial charge in [0.05, 0.1) is 24.9 Å². The number of fused-ring (bicyclic) bond motifs is 5. The lowest BCUT2D eigenvalue weighted by atomic mass is 9.78. The van der Waals surface area contributed by atoms with Gasteiger partial charge in [-0.3, -0.25) is 4.90 Å². The van der Waals surface area contributed by atoms with Crippen molar-refractivity contribution in [1.29, 1.82) is 0 Å². The van der Waals surface area contributed by atoms with Crippen molar-refractivity contribution in [3.63, 3.8) is 0 Å². The summed E-state index contributed by atoms with van der Waals surface area (Å²) < 4.78 is 18.0. The molecule has 3 fully saturated rings. The second-order valence-electron chi connectivity index (χ2n) is 11.1. The van der Waals surface area contributed by atoms with E-state index in [1.165, 1.54) is 0 Å². The van der Waals surface area contributed by atoms with E-state index in [0.717, 1.165) is 72.9 Å². The van der Waals surface area contributed by atoms with Crippen molar-refractivity contribution in [3.8, 4) is 22.6 Å². The topological polar surface area (TPSA) is 63.3 Å². The molecule has 2 aromatic carbocycles. The number of nitrogens with zero attached hydrogens (tertiary/aromatic N) is 2. The van der Waals surface area contributed by atoms with Gasteiger partial charge in [0.1, 0.15) is 24.2 Å². The molecule has 0 aromatic heterocycles. The summed E-state index contributed by atoms with van der Waals surface area (Å²) in [7, 11) is 2.09. The van der Waals surface area contributed by atoms with Crippen LogP contribution in [0.4, 0.5) is 10.5 Å². The summed E-state index contributed by atoms with van der Waals surface area (Å²) in [5.74, 6) is 2.21. The highest BCUT2D eigenvalue weighted by Gasteiger charge is 2.41. The number of rotatable bonds is 3. The largest absolute Gasteiger partial charge is 0.493 e. The molecule has 2 bridgehead atoms. The highest BCUT2D eigenvalue weighted by atomic mass is 16.6. The smallest absolute Gasteiger partial charge is 0.407 e. The summed E-state index contributed by atoms with van der Waals surface area (Å²) in [5, 5.41) is 3.19. The summed E-state index contributed by atoms with van der Waals surface area (Å²) in [6, 6.07) is 12.4. The summed E-state index contributed by atoms with van der Waals surface area (Å²) in [6.45, 7) is 9.47. The molecule has 7 heteroatoms. The number of carbonyl (C=O) groups excluding carboxylic acids is 1. The van der Waals surface area contributed by atoms with E-state index in [1.54, 1.807) is 0 Å². The fraction of sp³-hybridized carbons (Fsp3) is 0.536. The number of benzene rings is 2. The number of anilines is 1. The number of amides is 1. The van der Waals surface area contributed by atoms with Gasteiger partial charge in [-0.25, -0.2) is 4.79 Å². The highest BCUT2D eigenvalue weighted by Crippen LogP contribution is 2.45. The van der Waals surface area contributed by atoms with Crippen LogP contribution in [0.5, 0.6) is 11.5 Å². The maximum Gasteiger partial charge on any atom is 0.407 e. The van der Waals surface area contributed by atoms with Crippen LogP contribution >= 0.6 is 0 Å². The number of hydrogen-bond acceptors (Lipinski definition) is 6. The average Bonchev–Trinajstić information content (AvgIpc) is 2.86. The predicted octanol–water partition coefficient (Wildman–Crippen LogP) is 4.46. The number of hydrogen-bond donors (Lipinski definition) is 1. The second kappa shape index (κ2) is 8.63. The van der Waals surface area contributed by atoms with Crippen molar-refractivity contribution >= 4 is 11.8 Å². The third kappa shape index (κ3) is 4.20. The van der Waals surface area contributed by atoms with Gasteiger partial charge in [0, 0.05) is 24.6 Å². The van der Waals surface area contributed by atoms with E-state index in [-0.39, 0.29) is 23.7 Å². The standard InChI is InChI=1S/C28H35N3O4/c1-28(2)17-34-23-14-19(20-5-7-22-24(15-20)33-13-12-30(22)3)4-6-21(23)26(28)29-27(32)35-25-16-31-10-8-18(25)9-11-31/h4-7,14-15,18,25-26H,8-13,16-17H2,1-3H3,(H,29,32)/t25-,26?/m0/s1. The molecule has 0 saturated carbocycles. The molecular formula is C28H35N3O4. The zero-order chi connectivity index (χ0) is 24.2. The first-order valence-corrected chi connectivity index (χ1v) is 12.8. The lowest BCUT2D eigenvalue weighted by Gasteiger charge is -2.44. The Morgan fingerprint density at radius 1 is 1.03 bits per heavy atom. The van der Waals surface area contributed by atoms with Crippen LogP contribution in [-0.2, 0) is 4.74 Å². The maximum absolute atomic E-state index is 13.0. The molecule has 1 amide bonds. The van der Waals surface area contributed by atoms with Crippen LogP contribution in [0.2, 0.25) is 0 Å². The van der Waals surface area contributed by atoms with Crippen LogP contribution in [0.3, 0.4) is 0 Å². The van der Waals surface area contributed by atoms with Crippen LogP contribution in [0.1, 0.15) is 38.3 Å². The fourth-order valence-electron chi connectivity index (χ4n) is 5.99. The summed E-state index contributed by atoms with van der Waals surface area (Å²) in [5.41, 5.74) is 4.00. The van der Waals surface area contributed by atoms with Crippen LogP contribution < -0.4 is 19.7 Å². The van der Waals surface area contributed by atoms with Crippen molar-refractivity contribution in [2.24, 2.45) is 11.3 Å². The van der Waals surface area contributed by atoms with Crippen molar-refractivity contribution < 1.29 is 19.0 Å². The zero-order valence-electron chi connectivity index (χ0n) is 20.9. The van der Waals surface area contributed by atoms with E-state index < -0.39 is 0 Å². The summed E-state index contributed by atoms with van der Waals surface area (Å²) >= 11 is 0. The molecule has 0 spiro atoms. The Kier molecular flexibility index (Phi) is 5.55. The van der Waals surface area contributed by atoms with Gasteiger partial charge in [-0.1, -0.05) is 32.0 Å². The van der Waals surface area contributed by atoms with Crippen LogP contribution in [0.15, 0.2) is 36.4 Å². The molecule has 35 heavy (non-hydrogen) atoms. The molecule has 1 N–H and O–H groups in total. The first-order valence-electron chi connectivity index (χ1n) is 12.8. The number of piperidine rings is 3. The average molecular weight is 478 g/mol. The Morgan fingerprint density at radius 2 is 1.77 bits per heavy atom. The first kappa shape index (κ1) is 22.5. The molecule has 3 saturated heterocycles. The van der Waals surface area contributed by atoms with E-state index in [2.05, 4.69) is 72.4 Å². The molecule has 7 nitrogen and oxygen atoms in total. The van der Waals surface area contributed by atoms with Crippen LogP contribution in [-0.4, -0.2) is 63.5 Å². The Morgan fingerprint density at radius 3 is 2.51 bits per heavy atom. The second-order valence-corrected chi connectivity index (χ2v) is 11.1. The van der Waals surface area contributed by atoms with Crippen LogP contribution in [0, 0.1) is 11.3 Å². The fourth-order valence-corrected chi connectivity index (χ4v) is 5.99. The van der Waals surface area contributed by atoms with Crippen molar-refractivity contribution in [3.05, 3.63) is 42.0 Å². The Labute approximate surface area is 207 Å². The van der Waals surface area contributed by atoms with Crippen molar-refractivity contribution in [2.45, 2.75) is 38.8 Å². The van der Waals surface area contributed by atoms with E-state index in [1.807, 2.05) is 0 Å². The van der Waals surface area contributed by atoms with Gasteiger partial charge >= 0.3 is 6.09 Å². The van der Waals surface area contributed by atoms with Crippen LogP contribution in [0.25, 0.3) is 11.1 Å². The number of ether oxygens (including phenoxy) is 3. The van der Waals surface area contributed by atoms with Gasteiger partial charge in [0.25, 0.3) is 0 Å². The van der Waals surface area contributed by atoms with Gasteiger partial charge in [0.2, 0.25) is 0 Å². The number of alkyl carbamates (subject to hydrolysis) is 1. The number of carbonyl (C=O) groups is 1. The highest BCUT2D eigenvalue weighted by molar-refractivity contribution is 5.74. The van der Waals surface area contributed by atoms with E-state index >= 15 is 0 Å². The number of likely N-dealkylation sites (N-methyl/N-ethyl adjacent to an activating group) is 1. The molecule has 1 unspecified atom stereocenters. The van der Waals surface area contributed by atoms with Gasteiger partial charge in [-0.15, -0.1) is 0 Å². The Balaban J connectivity index is 1.22. The molecule has 5 aliphatic rings. The minimum Gasteiger partial charge on any atom is -0.493 e. The lowest BCUT2D eigenvalue weighted by molar-refractivity contribution is -0.0361. The molecule has 0 aliphatic carbocycles. The molecule has 7 rings (SSSR count). The van der Waals surface area contributed by atoms with Gasteiger partial charge in [-0.05, 0) is 61.2 Å². The number of nitrogens with one attached hydrogen (secondary N) is 1. The van der Waals surface area contributed by atoms with E-state index in [0.29, 0.717) is 19.1 Å². The Hall–Kier alpha value is -2.93. The third-order valence-electron chi connectivity index (χ3n) is 8.21. The summed E-state index contributed by atoms with van der Waals surface area (Å²) in [4.78, 5) is 17.6. The molecule has 186 valence electrons. The van der Waals surface area contributed by atoms with Crippen molar-refractivity contribution in [1.82, 2.24) is 10.2 Å². The minimum absolute atomic E-state index is 0.00688. The molecule has 2 aromatic rings. The minimum atomic E-state index is -0.324. The molecule has 2 atom stereocenters. The first-order chi connectivity index (χ1) is 16.9. The SMILES string of the molecule is CN1CCOc2cc(-c3ccc4c(c3)OCC(C)(C)C4NC(=O)O[C@H]3CN4CCC3CC4)ccc21. The van der Waals surface area contributed by atoms with E-state index in [4.69, 9.17) is 14.2 Å². The third-order valence-corrected chi connectivity index (χ3v) is 8.21. The Bertz CT molecular complexity index is 1130. The normalized spacial score (nSPS) is 28.3. The van der Waals surface area contributed by atoms with Gasteiger partial charge in [0.15, 0.2) is 0 Å². The van der Waals surface area contributed by atoms with E-state index in [9.17, 15) is 4.79 Å². The summed E-state index contributed by atoms with van der Waals surface area (Å²) in [6.07, 6.45) is 1.91. The zero-order valence-corrected chi connectivity index (χ0v) is 20.9. The molecular weight excluding hydrogens is 442 g/mol. The quantitative estimate of drug-likeness (QED) is 0.704. The van der Waals surface area contributed by atoms with Crippen molar-refractivity contribution in [2.75, 3.05) is 51.3 Å². The monoisotopic (exact) mass is 477 g/mol. The van der Waals surface area contributed by atoms with Gasteiger partial charge < -0.3 is 24.4 Å². The maximum atomic E-state index is 13.0. The lowest BCUT2D eigenvalue weighted by Crippen LogP contribution is -2.53. The predicted molar refractivity (Wildman–Crippen MR) is 135 cm³/mol. The molecule has 5 aliphatic heterocycles. The molecule has 0 radical (unpaired) electrons.